The highest BCUT2D eigenvalue weighted by Crippen LogP contribution is 2.24. The van der Waals surface area contributed by atoms with Crippen molar-refractivity contribution in [3.05, 3.63) is 48.0 Å². The van der Waals surface area contributed by atoms with Crippen LogP contribution in [0.5, 0.6) is 0 Å². The van der Waals surface area contributed by atoms with Crippen molar-refractivity contribution >= 4 is 29.9 Å². The van der Waals surface area contributed by atoms with Crippen molar-refractivity contribution in [1.82, 2.24) is 10.2 Å². The number of guanidine groups is 1. The Labute approximate surface area is 150 Å². The summed E-state index contributed by atoms with van der Waals surface area (Å²) in [7, 11) is 0. The second-order valence-corrected chi connectivity index (χ2v) is 5.15. The van der Waals surface area contributed by atoms with Crippen LogP contribution in [0.3, 0.4) is 0 Å². The number of nitrogens with zero attached hydrogens (tertiary/aromatic N) is 2. The van der Waals surface area contributed by atoms with Crippen LogP contribution in [0.4, 0.5) is 0 Å². The van der Waals surface area contributed by atoms with Gasteiger partial charge in [-0.15, -0.1) is 30.6 Å². The highest BCUT2D eigenvalue weighted by Gasteiger charge is 2.24. The van der Waals surface area contributed by atoms with E-state index in [2.05, 4.69) is 59.9 Å². The van der Waals surface area contributed by atoms with Crippen molar-refractivity contribution in [1.29, 1.82) is 0 Å². The molecular formula is C17H26IN3O. The van der Waals surface area contributed by atoms with E-state index in [9.17, 15) is 0 Å². The summed E-state index contributed by atoms with van der Waals surface area (Å²) in [4.78, 5) is 6.84. The second kappa shape index (κ2) is 9.84. The molecule has 1 atom stereocenters. The Morgan fingerprint density at radius 2 is 2.27 bits per heavy atom. The molecule has 1 heterocycles. The Morgan fingerprint density at radius 1 is 1.50 bits per heavy atom. The molecule has 1 aromatic rings. The van der Waals surface area contributed by atoms with Crippen LogP contribution in [0.25, 0.3) is 0 Å². The molecule has 4 nitrogen and oxygen atoms in total. The van der Waals surface area contributed by atoms with E-state index in [0.29, 0.717) is 6.54 Å². The molecule has 0 aliphatic carbocycles. The van der Waals surface area contributed by atoms with E-state index < -0.39 is 0 Å². The average molecular weight is 415 g/mol. The average Bonchev–Trinajstić information content (AvgIpc) is 2.52. The molecule has 1 fully saturated rings. The maximum atomic E-state index is 5.96. The van der Waals surface area contributed by atoms with Gasteiger partial charge in [0, 0.05) is 13.1 Å². The maximum Gasteiger partial charge on any atom is 0.194 e. The summed E-state index contributed by atoms with van der Waals surface area (Å²) in [5, 5.41) is 3.35. The quantitative estimate of drug-likeness (QED) is 0.355. The number of hydrogen-bond acceptors (Lipinski definition) is 2. The monoisotopic (exact) mass is 415 g/mol. The van der Waals surface area contributed by atoms with Crippen molar-refractivity contribution in [2.24, 2.45) is 4.99 Å². The molecule has 0 spiro atoms. The highest BCUT2D eigenvalue weighted by atomic mass is 127. The molecule has 0 amide bonds. The van der Waals surface area contributed by atoms with E-state index in [1.807, 2.05) is 6.08 Å². The van der Waals surface area contributed by atoms with E-state index in [4.69, 9.17) is 4.74 Å². The van der Waals surface area contributed by atoms with Crippen LogP contribution in [0, 0.1) is 6.92 Å². The number of halogens is 1. The standard InChI is InChI=1S/C17H25N3O.HI/c1-4-10-19-17(18-5-2)20-11-12-21-16(13-20)15-9-7-6-8-14(15)3;/h4,6-9,16H,1,5,10-13H2,2-3H3,(H,18,19);1H. The van der Waals surface area contributed by atoms with Gasteiger partial charge in [-0.3, -0.25) is 0 Å². The molecule has 0 saturated carbocycles. The van der Waals surface area contributed by atoms with Gasteiger partial charge in [0.2, 0.25) is 0 Å². The first kappa shape index (κ1) is 19.0. The molecule has 2 rings (SSSR count). The SMILES string of the molecule is C=CCN=C(NCC)N1CCOC(c2ccccc2C)C1.I. The second-order valence-electron chi connectivity index (χ2n) is 5.15. The fourth-order valence-electron chi connectivity index (χ4n) is 2.55. The van der Waals surface area contributed by atoms with E-state index >= 15 is 0 Å². The normalized spacial score (nSPS) is 18.5. The summed E-state index contributed by atoms with van der Waals surface area (Å²) >= 11 is 0. The smallest absolute Gasteiger partial charge is 0.194 e. The van der Waals surface area contributed by atoms with Crippen molar-refractivity contribution < 1.29 is 4.74 Å². The molecule has 22 heavy (non-hydrogen) atoms. The zero-order valence-corrected chi connectivity index (χ0v) is 15.7. The fourth-order valence-corrected chi connectivity index (χ4v) is 2.55. The van der Waals surface area contributed by atoms with Crippen molar-refractivity contribution in [2.45, 2.75) is 20.0 Å². The fraction of sp³-hybridized carbons (Fsp3) is 0.471. The third-order valence-electron chi connectivity index (χ3n) is 3.61. The molecule has 1 aliphatic heterocycles. The van der Waals surface area contributed by atoms with E-state index in [0.717, 1.165) is 32.2 Å². The number of nitrogens with one attached hydrogen (secondary N) is 1. The summed E-state index contributed by atoms with van der Waals surface area (Å²) in [6, 6.07) is 8.42. The third-order valence-corrected chi connectivity index (χ3v) is 3.61. The number of hydrogen-bond donors (Lipinski definition) is 1. The van der Waals surface area contributed by atoms with E-state index in [-0.39, 0.29) is 30.1 Å². The molecule has 1 aliphatic rings. The highest BCUT2D eigenvalue weighted by molar-refractivity contribution is 14.0. The number of ether oxygens (including phenoxy) is 1. The Balaban J connectivity index is 0.00000242. The van der Waals surface area contributed by atoms with Crippen molar-refractivity contribution in [3.8, 4) is 0 Å². The lowest BCUT2D eigenvalue weighted by Gasteiger charge is -2.35. The Bertz CT molecular complexity index is 504. The van der Waals surface area contributed by atoms with Gasteiger partial charge >= 0.3 is 0 Å². The first-order valence-electron chi connectivity index (χ1n) is 7.57. The molecule has 0 bridgehead atoms. The number of aryl methyl sites for hydroxylation is 1. The zero-order chi connectivity index (χ0) is 15.1. The minimum atomic E-state index is 0. The first-order valence-corrected chi connectivity index (χ1v) is 7.57. The predicted octanol–water partition coefficient (Wildman–Crippen LogP) is 3.14. The lowest BCUT2D eigenvalue weighted by Crippen LogP contribution is -2.48. The van der Waals surface area contributed by atoms with E-state index in [1.165, 1.54) is 11.1 Å². The van der Waals surface area contributed by atoms with Gasteiger partial charge in [0.05, 0.1) is 19.7 Å². The maximum absolute atomic E-state index is 5.96. The van der Waals surface area contributed by atoms with Crippen LogP contribution in [0.1, 0.15) is 24.2 Å². The van der Waals surface area contributed by atoms with Crippen LogP contribution >= 0.6 is 24.0 Å². The predicted molar refractivity (Wildman–Crippen MR) is 103 cm³/mol. The molecule has 122 valence electrons. The van der Waals surface area contributed by atoms with Gasteiger partial charge < -0.3 is 15.0 Å². The van der Waals surface area contributed by atoms with Gasteiger partial charge in [0.15, 0.2) is 5.96 Å². The summed E-state index contributed by atoms with van der Waals surface area (Å²) < 4.78 is 5.96. The zero-order valence-electron chi connectivity index (χ0n) is 13.4. The van der Waals surface area contributed by atoms with E-state index in [1.54, 1.807) is 0 Å². The van der Waals surface area contributed by atoms with Crippen LogP contribution in [0.15, 0.2) is 41.9 Å². The van der Waals surface area contributed by atoms with Gasteiger partial charge in [-0.2, -0.15) is 0 Å². The van der Waals surface area contributed by atoms with Crippen LogP contribution in [-0.4, -0.2) is 43.6 Å². The van der Waals surface area contributed by atoms with Gasteiger partial charge in [-0.25, -0.2) is 4.99 Å². The summed E-state index contributed by atoms with van der Waals surface area (Å²) in [5.41, 5.74) is 2.54. The Morgan fingerprint density at radius 3 is 2.95 bits per heavy atom. The molecule has 0 radical (unpaired) electrons. The summed E-state index contributed by atoms with van der Waals surface area (Å²) in [6.07, 6.45) is 1.92. The summed E-state index contributed by atoms with van der Waals surface area (Å²) in [5.74, 6) is 0.944. The van der Waals surface area contributed by atoms with Gasteiger partial charge in [-0.05, 0) is 25.0 Å². The number of morpholine rings is 1. The minimum absolute atomic E-state index is 0. The molecule has 5 heteroatoms. The van der Waals surface area contributed by atoms with Crippen LogP contribution < -0.4 is 5.32 Å². The summed E-state index contributed by atoms with van der Waals surface area (Å²) in [6.45, 7) is 11.9. The molecule has 1 aromatic carbocycles. The molecule has 0 aromatic heterocycles. The largest absolute Gasteiger partial charge is 0.370 e. The third kappa shape index (κ3) is 4.98. The van der Waals surface area contributed by atoms with Crippen LogP contribution in [0.2, 0.25) is 0 Å². The lowest BCUT2D eigenvalue weighted by atomic mass is 10.0. The van der Waals surface area contributed by atoms with Crippen molar-refractivity contribution in [3.63, 3.8) is 0 Å². The molecule has 1 N–H and O–H groups in total. The van der Waals surface area contributed by atoms with Gasteiger partial charge in [0.25, 0.3) is 0 Å². The Kier molecular flexibility index (Phi) is 8.48. The number of rotatable bonds is 4. The Hall–Kier alpha value is -1.08. The topological polar surface area (TPSA) is 36.9 Å². The number of aliphatic imine (C=N–C) groups is 1. The van der Waals surface area contributed by atoms with Gasteiger partial charge in [0.1, 0.15) is 6.10 Å². The van der Waals surface area contributed by atoms with Crippen LogP contribution in [-0.2, 0) is 4.74 Å². The molecule has 1 saturated heterocycles. The van der Waals surface area contributed by atoms with Gasteiger partial charge in [-0.1, -0.05) is 30.3 Å². The van der Waals surface area contributed by atoms with Crippen molar-refractivity contribution in [2.75, 3.05) is 32.8 Å². The molecular weight excluding hydrogens is 389 g/mol. The number of benzene rings is 1. The minimum Gasteiger partial charge on any atom is -0.370 e. The first-order chi connectivity index (χ1) is 10.3. The molecule has 1 unspecified atom stereocenters. The lowest BCUT2D eigenvalue weighted by molar-refractivity contribution is -0.00830.